The van der Waals surface area contributed by atoms with Crippen molar-refractivity contribution < 1.29 is 0 Å². The first-order chi connectivity index (χ1) is 6.15. The van der Waals surface area contributed by atoms with Gasteiger partial charge in [0.2, 0.25) is 0 Å². The van der Waals surface area contributed by atoms with Crippen LogP contribution in [-0.4, -0.2) is 14.1 Å². The number of hydrogen-bond acceptors (Lipinski definition) is 2. The van der Waals surface area contributed by atoms with E-state index in [1.54, 1.807) is 0 Å². The number of anilines is 1. The molecule has 4 heteroatoms. The maximum Gasteiger partial charge on any atom is 0.0390 e. The van der Waals surface area contributed by atoms with Crippen LogP contribution < -0.4 is 4.90 Å². The highest BCUT2D eigenvalue weighted by Crippen LogP contribution is 2.23. The number of hydrogen-bond donors (Lipinski definition) is 0. The van der Waals surface area contributed by atoms with Gasteiger partial charge in [-0.25, -0.2) is 0 Å². The van der Waals surface area contributed by atoms with Crippen LogP contribution in [0.2, 0.25) is 0 Å². The Morgan fingerprint density at radius 2 is 2.08 bits per heavy atom. The first kappa shape index (κ1) is 9.42. The quantitative estimate of drug-likeness (QED) is 0.388. The van der Waals surface area contributed by atoms with Crippen molar-refractivity contribution in [2.75, 3.05) is 19.0 Å². The summed E-state index contributed by atoms with van der Waals surface area (Å²) >= 11 is 0. The van der Waals surface area contributed by atoms with E-state index < -0.39 is 0 Å². The largest absolute Gasteiger partial charge is 0.377 e. The summed E-state index contributed by atoms with van der Waals surface area (Å²) in [7, 11) is 3.96. The summed E-state index contributed by atoms with van der Waals surface area (Å²) in [6.07, 6.45) is 0. The molecule has 0 aliphatic carbocycles. The van der Waals surface area contributed by atoms with Crippen LogP contribution in [0.1, 0.15) is 5.56 Å². The van der Waals surface area contributed by atoms with E-state index in [1.807, 2.05) is 44.1 Å². The van der Waals surface area contributed by atoms with Crippen LogP contribution in [0, 0.1) is 6.92 Å². The van der Waals surface area contributed by atoms with Gasteiger partial charge in [-0.05, 0) is 30.2 Å². The third-order valence-corrected chi connectivity index (χ3v) is 1.82. The Labute approximate surface area is 77.4 Å². The second-order valence-corrected chi connectivity index (χ2v) is 3.05. The van der Waals surface area contributed by atoms with E-state index in [1.165, 1.54) is 0 Å². The van der Waals surface area contributed by atoms with Gasteiger partial charge in [0.25, 0.3) is 0 Å². The summed E-state index contributed by atoms with van der Waals surface area (Å²) in [6, 6.07) is 5.62. The van der Waals surface area contributed by atoms with Crippen molar-refractivity contribution in [3.8, 4) is 0 Å². The zero-order chi connectivity index (χ0) is 9.84. The Bertz CT molecular complexity index is 351. The molecule has 0 radical (unpaired) electrons. The standard InChI is InChI=1S/C9H12N4/c1-7-6-8(11-12-10)4-5-9(7)13(2)3/h4-6H,1-3H3. The van der Waals surface area contributed by atoms with Crippen LogP contribution in [0.4, 0.5) is 11.4 Å². The summed E-state index contributed by atoms with van der Waals surface area (Å²) in [5.41, 5.74) is 11.1. The smallest absolute Gasteiger partial charge is 0.0390 e. The molecule has 0 fully saturated rings. The third kappa shape index (κ3) is 2.13. The van der Waals surface area contributed by atoms with Crippen molar-refractivity contribution in [2.24, 2.45) is 5.11 Å². The molecule has 0 atom stereocenters. The van der Waals surface area contributed by atoms with E-state index in [0.29, 0.717) is 5.69 Å². The van der Waals surface area contributed by atoms with E-state index in [9.17, 15) is 0 Å². The lowest BCUT2D eigenvalue weighted by Gasteiger charge is -2.15. The molecular weight excluding hydrogens is 164 g/mol. The Hall–Kier alpha value is -1.67. The molecule has 13 heavy (non-hydrogen) atoms. The number of nitrogens with zero attached hydrogens (tertiary/aromatic N) is 4. The fourth-order valence-corrected chi connectivity index (χ4v) is 1.26. The third-order valence-electron chi connectivity index (χ3n) is 1.82. The van der Waals surface area contributed by atoms with Crippen LogP contribution in [0.25, 0.3) is 10.4 Å². The average Bonchev–Trinajstić information content (AvgIpc) is 2.04. The molecule has 0 unspecified atom stereocenters. The van der Waals surface area contributed by atoms with Crippen molar-refractivity contribution in [1.29, 1.82) is 0 Å². The average molecular weight is 176 g/mol. The summed E-state index contributed by atoms with van der Waals surface area (Å²) in [4.78, 5) is 4.76. The molecule has 0 aliphatic heterocycles. The monoisotopic (exact) mass is 176 g/mol. The highest BCUT2D eigenvalue weighted by molar-refractivity contribution is 5.57. The molecular formula is C9H12N4. The van der Waals surface area contributed by atoms with E-state index in [2.05, 4.69) is 10.0 Å². The first-order valence-electron chi connectivity index (χ1n) is 3.98. The normalized spacial score (nSPS) is 9.15. The minimum Gasteiger partial charge on any atom is -0.377 e. The fraction of sp³-hybridized carbons (Fsp3) is 0.333. The molecule has 68 valence electrons. The zero-order valence-electron chi connectivity index (χ0n) is 8.02. The second kappa shape index (κ2) is 3.83. The number of aryl methyl sites for hydroxylation is 1. The number of azide groups is 1. The topological polar surface area (TPSA) is 52.0 Å². The second-order valence-electron chi connectivity index (χ2n) is 3.05. The zero-order valence-corrected chi connectivity index (χ0v) is 8.02. The molecule has 0 N–H and O–H groups in total. The van der Waals surface area contributed by atoms with Crippen molar-refractivity contribution in [1.82, 2.24) is 0 Å². The molecule has 0 saturated carbocycles. The minimum atomic E-state index is 0.658. The van der Waals surface area contributed by atoms with Crippen LogP contribution in [0.3, 0.4) is 0 Å². The lowest BCUT2D eigenvalue weighted by atomic mass is 10.1. The van der Waals surface area contributed by atoms with Gasteiger partial charge in [0.1, 0.15) is 0 Å². The maximum atomic E-state index is 8.24. The maximum absolute atomic E-state index is 8.24. The lowest BCUT2D eigenvalue weighted by molar-refractivity contribution is 1.11. The van der Waals surface area contributed by atoms with E-state index >= 15 is 0 Å². The lowest BCUT2D eigenvalue weighted by Crippen LogP contribution is -2.09. The summed E-state index contributed by atoms with van der Waals surface area (Å²) in [6.45, 7) is 1.99. The highest BCUT2D eigenvalue weighted by Gasteiger charge is 1.99. The molecule has 1 aromatic carbocycles. The van der Waals surface area contributed by atoms with Gasteiger partial charge in [-0.15, -0.1) is 0 Å². The number of rotatable bonds is 2. The van der Waals surface area contributed by atoms with Crippen molar-refractivity contribution >= 4 is 11.4 Å². The SMILES string of the molecule is Cc1cc(N=[N+]=[N-])ccc1N(C)C. The molecule has 0 spiro atoms. The van der Waals surface area contributed by atoms with Crippen LogP contribution >= 0.6 is 0 Å². The Kier molecular flexibility index (Phi) is 2.77. The molecule has 0 bridgehead atoms. The van der Waals surface area contributed by atoms with Gasteiger partial charge in [-0.1, -0.05) is 11.2 Å². The highest BCUT2D eigenvalue weighted by atomic mass is 15.1. The molecule has 0 heterocycles. The van der Waals surface area contributed by atoms with E-state index in [4.69, 9.17) is 5.53 Å². The molecule has 1 aromatic rings. The van der Waals surface area contributed by atoms with Gasteiger partial charge < -0.3 is 4.90 Å². The number of benzene rings is 1. The Morgan fingerprint density at radius 1 is 1.38 bits per heavy atom. The van der Waals surface area contributed by atoms with Crippen molar-refractivity contribution in [3.63, 3.8) is 0 Å². The summed E-state index contributed by atoms with van der Waals surface area (Å²) in [5.74, 6) is 0. The van der Waals surface area contributed by atoms with Gasteiger partial charge >= 0.3 is 0 Å². The summed E-state index contributed by atoms with van der Waals surface area (Å²) in [5, 5.41) is 3.53. The molecule has 0 aliphatic rings. The van der Waals surface area contributed by atoms with Gasteiger partial charge in [-0.2, -0.15) is 0 Å². The van der Waals surface area contributed by atoms with Gasteiger partial charge in [0.15, 0.2) is 0 Å². The first-order valence-corrected chi connectivity index (χ1v) is 3.98. The molecule has 0 aromatic heterocycles. The Morgan fingerprint density at radius 3 is 2.54 bits per heavy atom. The molecule has 0 amide bonds. The minimum absolute atomic E-state index is 0.658. The van der Waals surface area contributed by atoms with Gasteiger partial charge in [0.05, 0.1) is 0 Å². The molecule has 0 saturated heterocycles. The van der Waals surface area contributed by atoms with Crippen molar-refractivity contribution in [2.45, 2.75) is 6.92 Å². The van der Waals surface area contributed by atoms with E-state index in [-0.39, 0.29) is 0 Å². The van der Waals surface area contributed by atoms with Crippen LogP contribution in [0.5, 0.6) is 0 Å². The van der Waals surface area contributed by atoms with E-state index in [0.717, 1.165) is 11.3 Å². The van der Waals surface area contributed by atoms with Crippen molar-refractivity contribution in [3.05, 3.63) is 34.2 Å². The molecule has 4 nitrogen and oxygen atoms in total. The summed E-state index contributed by atoms with van der Waals surface area (Å²) < 4.78 is 0. The van der Waals surface area contributed by atoms with Crippen LogP contribution in [-0.2, 0) is 0 Å². The predicted octanol–water partition coefficient (Wildman–Crippen LogP) is 3.00. The molecule has 1 rings (SSSR count). The predicted molar refractivity (Wildman–Crippen MR) is 54.3 cm³/mol. The fourth-order valence-electron chi connectivity index (χ4n) is 1.26. The van der Waals surface area contributed by atoms with Gasteiger partial charge in [-0.3, -0.25) is 0 Å². The van der Waals surface area contributed by atoms with Gasteiger partial charge in [0, 0.05) is 30.4 Å². The Balaban J connectivity index is 3.12. The van der Waals surface area contributed by atoms with Crippen LogP contribution in [0.15, 0.2) is 23.3 Å².